The molecule has 2 atom stereocenters. The van der Waals surface area contributed by atoms with Crippen molar-refractivity contribution in [3.63, 3.8) is 0 Å². The third kappa shape index (κ3) is 2.81. The molecule has 23 heavy (non-hydrogen) atoms. The van der Waals surface area contributed by atoms with Gasteiger partial charge in [-0.25, -0.2) is 14.8 Å². The SMILES string of the molecule is CCOC1CC(NC(=O)c2cnc(C(=O)O)cn2)C12CCCC2. The highest BCUT2D eigenvalue weighted by Gasteiger charge is 2.57. The Morgan fingerprint density at radius 3 is 2.52 bits per heavy atom. The van der Waals surface area contributed by atoms with Crippen molar-refractivity contribution in [2.75, 3.05) is 6.61 Å². The maximum absolute atomic E-state index is 12.3. The van der Waals surface area contributed by atoms with E-state index in [2.05, 4.69) is 15.3 Å². The van der Waals surface area contributed by atoms with E-state index < -0.39 is 5.97 Å². The molecule has 7 nitrogen and oxygen atoms in total. The lowest BCUT2D eigenvalue weighted by molar-refractivity contribution is -0.127. The molecule has 0 aromatic carbocycles. The summed E-state index contributed by atoms with van der Waals surface area (Å²) in [5.41, 5.74) is 0.0250. The second kappa shape index (κ2) is 6.23. The van der Waals surface area contributed by atoms with E-state index >= 15 is 0 Å². The summed E-state index contributed by atoms with van der Waals surface area (Å²) in [6, 6.07) is 0.0926. The molecule has 1 aromatic heterocycles. The fourth-order valence-corrected chi connectivity index (χ4v) is 3.88. The summed E-state index contributed by atoms with van der Waals surface area (Å²) in [5, 5.41) is 11.8. The van der Waals surface area contributed by atoms with E-state index in [1.54, 1.807) is 0 Å². The molecule has 2 unspecified atom stereocenters. The van der Waals surface area contributed by atoms with Crippen LogP contribution in [0, 0.1) is 5.41 Å². The molecule has 1 heterocycles. The molecule has 124 valence electrons. The number of carboxylic acid groups (broad SMARTS) is 1. The van der Waals surface area contributed by atoms with Crippen LogP contribution >= 0.6 is 0 Å². The van der Waals surface area contributed by atoms with Crippen LogP contribution in [0.25, 0.3) is 0 Å². The van der Waals surface area contributed by atoms with Crippen molar-refractivity contribution in [3.05, 3.63) is 23.8 Å². The first kappa shape index (κ1) is 15.9. The number of carbonyl (C=O) groups excluding carboxylic acids is 1. The molecule has 0 radical (unpaired) electrons. The van der Waals surface area contributed by atoms with E-state index in [0.717, 1.165) is 25.5 Å². The average Bonchev–Trinajstić information content (AvgIpc) is 3.06. The van der Waals surface area contributed by atoms with Gasteiger partial charge in [0.15, 0.2) is 5.69 Å². The van der Waals surface area contributed by atoms with E-state index in [-0.39, 0.29) is 34.9 Å². The molecule has 2 aliphatic rings. The summed E-state index contributed by atoms with van der Waals surface area (Å²) >= 11 is 0. The van der Waals surface area contributed by atoms with Gasteiger partial charge in [0.05, 0.1) is 18.5 Å². The summed E-state index contributed by atoms with van der Waals surface area (Å²) < 4.78 is 5.83. The Kier molecular flexibility index (Phi) is 4.30. The molecular formula is C16H21N3O4. The average molecular weight is 319 g/mol. The normalized spacial score (nSPS) is 25.1. The minimum Gasteiger partial charge on any atom is -0.476 e. The minimum atomic E-state index is -1.16. The van der Waals surface area contributed by atoms with Gasteiger partial charge in [-0.3, -0.25) is 4.79 Å². The number of amides is 1. The first-order valence-corrected chi connectivity index (χ1v) is 8.04. The highest BCUT2D eigenvalue weighted by molar-refractivity contribution is 5.93. The van der Waals surface area contributed by atoms with Crippen LogP contribution in [-0.2, 0) is 4.74 Å². The molecule has 3 rings (SSSR count). The monoisotopic (exact) mass is 319 g/mol. The van der Waals surface area contributed by atoms with Crippen LogP contribution < -0.4 is 5.32 Å². The van der Waals surface area contributed by atoms with Gasteiger partial charge < -0.3 is 15.2 Å². The van der Waals surface area contributed by atoms with Crippen molar-refractivity contribution in [3.8, 4) is 0 Å². The van der Waals surface area contributed by atoms with Crippen molar-refractivity contribution in [1.29, 1.82) is 0 Å². The number of hydrogen-bond donors (Lipinski definition) is 2. The number of aromatic carboxylic acids is 1. The predicted molar refractivity (Wildman–Crippen MR) is 81.2 cm³/mol. The quantitative estimate of drug-likeness (QED) is 0.855. The number of ether oxygens (including phenoxy) is 1. The van der Waals surface area contributed by atoms with Gasteiger partial charge in [0, 0.05) is 18.1 Å². The molecule has 2 N–H and O–H groups in total. The molecule has 1 aromatic rings. The Bertz CT molecular complexity index is 596. The summed E-state index contributed by atoms with van der Waals surface area (Å²) in [5.74, 6) is -1.46. The highest BCUT2D eigenvalue weighted by atomic mass is 16.5. The minimum absolute atomic E-state index is 0.0557. The van der Waals surface area contributed by atoms with Crippen LogP contribution in [0.4, 0.5) is 0 Å². The number of nitrogens with one attached hydrogen (secondary N) is 1. The van der Waals surface area contributed by atoms with Crippen LogP contribution in [0.2, 0.25) is 0 Å². The molecule has 2 aliphatic carbocycles. The molecule has 0 saturated heterocycles. The van der Waals surface area contributed by atoms with E-state index in [0.29, 0.717) is 6.61 Å². The highest BCUT2D eigenvalue weighted by Crippen LogP contribution is 2.54. The van der Waals surface area contributed by atoms with Crippen LogP contribution in [0.15, 0.2) is 12.4 Å². The molecule has 2 fully saturated rings. The van der Waals surface area contributed by atoms with Gasteiger partial charge in [-0.15, -0.1) is 0 Å². The second-order valence-electron chi connectivity index (χ2n) is 6.24. The van der Waals surface area contributed by atoms with Crippen LogP contribution in [0.5, 0.6) is 0 Å². The Morgan fingerprint density at radius 2 is 1.96 bits per heavy atom. The van der Waals surface area contributed by atoms with Crippen molar-refractivity contribution in [2.45, 2.75) is 51.2 Å². The maximum atomic E-state index is 12.3. The van der Waals surface area contributed by atoms with Gasteiger partial charge in [0.1, 0.15) is 5.69 Å². The number of carboxylic acids is 1. The lowest BCUT2D eigenvalue weighted by atomic mass is 9.60. The summed E-state index contributed by atoms with van der Waals surface area (Å²) in [6.45, 7) is 2.68. The van der Waals surface area contributed by atoms with E-state index in [4.69, 9.17) is 9.84 Å². The molecule has 0 aliphatic heterocycles. The summed E-state index contributed by atoms with van der Waals surface area (Å²) in [7, 11) is 0. The van der Waals surface area contributed by atoms with Crippen LogP contribution in [0.3, 0.4) is 0 Å². The second-order valence-corrected chi connectivity index (χ2v) is 6.24. The Hall–Kier alpha value is -2.02. The van der Waals surface area contributed by atoms with E-state index in [9.17, 15) is 9.59 Å². The number of hydrogen-bond acceptors (Lipinski definition) is 5. The third-order valence-corrected chi connectivity index (χ3v) is 5.10. The largest absolute Gasteiger partial charge is 0.476 e. The van der Waals surface area contributed by atoms with Gasteiger partial charge >= 0.3 is 5.97 Å². The van der Waals surface area contributed by atoms with Crippen LogP contribution in [-0.4, -0.2) is 45.7 Å². The van der Waals surface area contributed by atoms with Crippen LogP contribution in [0.1, 0.15) is 60.0 Å². The lowest BCUT2D eigenvalue weighted by Crippen LogP contribution is -2.63. The van der Waals surface area contributed by atoms with Crippen molar-refractivity contribution < 1.29 is 19.4 Å². The van der Waals surface area contributed by atoms with Crippen molar-refractivity contribution >= 4 is 11.9 Å². The smallest absolute Gasteiger partial charge is 0.356 e. The first-order valence-electron chi connectivity index (χ1n) is 8.04. The number of carbonyl (C=O) groups is 2. The fourth-order valence-electron chi connectivity index (χ4n) is 3.88. The lowest BCUT2D eigenvalue weighted by Gasteiger charge is -2.54. The molecule has 1 amide bonds. The number of rotatable bonds is 5. The Labute approximate surface area is 134 Å². The topological polar surface area (TPSA) is 101 Å². The van der Waals surface area contributed by atoms with Crippen molar-refractivity contribution in [2.24, 2.45) is 5.41 Å². The molecule has 1 spiro atoms. The first-order chi connectivity index (χ1) is 11.1. The standard InChI is InChI=1S/C16H21N3O4/c1-2-23-13-7-12(16(13)5-3-4-6-16)19-14(20)10-8-18-11(9-17-10)15(21)22/h8-9,12-13H,2-7H2,1H3,(H,19,20)(H,21,22). The van der Waals surface area contributed by atoms with Gasteiger partial charge in [0.25, 0.3) is 5.91 Å². The summed E-state index contributed by atoms with van der Waals surface area (Å²) in [4.78, 5) is 30.7. The maximum Gasteiger partial charge on any atom is 0.356 e. The zero-order chi connectivity index (χ0) is 16.4. The number of aromatic nitrogens is 2. The molecular weight excluding hydrogens is 298 g/mol. The Balaban J connectivity index is 1.67. The predicted octanol–water partition coefficient (Wildman–Crippen LogP) is 1.64. The van der Waals surface area contributed by atoms with Gasteiger partial charge in [-0.1, -0.05) is 12.8 Å². The van der Waals surface area contributed by atoms with Crippen molar-refractivity contribution in [1.82, 2.24) is 15.3 Å². The molecule has 2 saturated carbocycles. The third-order valence-electron chi connectivity index (χ3n) is 5.10. The molecule has 7 heteroatoms. The zero-order valence-corrected chi connectivity index (χ0v) is 13.1. The van der Waals surface area contributed by atoms with E-state index in [1.807, 2.05) is 6.92 Å². The zero-order valence-electron chi connectivity index (χ0n) is 13.1. The van der Waals surface area contributed by atoms with Gasteiger partial charge in [-0.2, -0.15) is 0 Å². The Morgan fingerprint density at radius 1 is 1.30 bits per heavy atom. The summed E-state index contributed by atoms with van der Waals surface area (Å²) in [6.07, 6.45) is 7.84. The fraction of sp³-hybridized carbons (Fsp3) is 0.625. The van der Waals surface area contributed by atoms with E-state index in [1.165, 1.54) is 19.0 Å². The van der Waals surface area contributed by atoms with Gasteiger partial charge in [-0.05, 0) is 26.2 Å². The van der Waals surface area contributed by atoms with Gasteiger partial charge in [0.2, 0.25) is 0 Å². The molecule has 0 bridgehead atoms. The number of nitrogens with zero attached hydrogens (tertiary/aromatic N) is 2.